The van der Waals surface area contributed by atoms with E-state index < -0.39 is 0 Å². The van der Waals surface area contributed by atoms with Crippen molar-refractivity contribution in [1.82, 2.24) is 10.2 Å². The molecule has 0 spiro atoms. The second-order valence-corrected chi connectivity index (χ2v) is 7.57. The van der Waals surface area contributed by atoms with Crippen LogP contribution in [0, 0.1) is 11.8 Å². The third-order valence-electron chi connectivity index (χ3n) is 6.07. The molecule has 0 aromatic heterocycles. The summed E-state index contributed by atoms with van der Waals surface area (Å²) in [5.41, 5.74) is 0. The third kappa shape index (κ3) is 5.51. The molecule has 6 nitrogen and oxygen atoms in total. The van der Waals surface area contributed by atoms with Crippen LogP contribution < -0.4 is 5.32 Å². The molecular formula is C20H38N2O4. The van der Waals surface area contributed by atoms with Crippen molar-refractivity contribution in [3.8, 4) is 0 Å². The van der Waals surface area contributed by atoms with Gasteiger partial charge in [-0.05, 0) is 32.7 Å². The molecule has 6 atom stereocenters. The fourth-order valence-corrected chi connectivity index (χ4v) is 4.11. The van der Waals surface area contributed by atoms with Crippen LogP contribution in [0.2, 0.25) is 0 Å². The van der Waals surface area contributed by atoms with Crippen LogP contribution in [0.3, 0.4) is 0 Å². The second-order valence-electron chi connectivity index (χ2n) is 7.57. The zero-order chi connectivity index (χ0) is 19.9. The number of hydrogen-bond donors (Lipinski definition) is 1. The van der Waals surface area contributed by atoms with Crippen molar-refractivity contribution in [3.05, 3.63) is 0 Å². The van der Waals surface area contributed by atoms with Crippen molar-refractivity contribution in [2.45, 2.75) is 77.7 Å². The highest BCUT2D eigenvalue weighted by atomic mass is 16.5. The lowest BCUT2D eigenvalue weighted by Crippen LogP contribution is -2.50. The number of carbonyl (C=O) groups is 2. The van der Waals surface area contributed by atoms with Gasteiger partial charge in [0.25, 0.3) is 0 Å². The molecule has 0 bridgehead atoms. The Balaban J connectivity index is 2.87. The number of hydrogen-bond acceptors (Lipinski definition) is 5. The number of likely N-dealkylation sites (N-methyl/N-ethyl adjacent to an activating group) is 1. The lowest BCUT2D eigenvalue weighted by atomic mass is 9.91. The molecule has 1 rings (SSSR count). The molecule has 0 aromatic carbocycles. The summed E-state index contributed by atoms with van der Waals surface area (Å²) in [7, 11) is 5.21. The number of likely N-dealkylation sites (tertiary alicyclic amines) is 1. The number of methoxy groups -OCH3 is 2. The molecule has 0 aliphatic carbocycles. The maximum atomic E-state index is 13.0. The van der Waals surface area contributed by atoms with Crippen molar-refractivity contribution in [3.63, 3.8) is 0 Å². The van der Waals surface area contributed by atoms with Gasteiger partial charge in [-0.1, -0.05) is 27.2 Å². The van der Waals surface area contributed by atoms with Crippen LogP contribution in [0.5, 0.6) is 0 Å². The molecule has 0 unspecified atom stereocenters. The Morgan fingerprint density at radius 2 is 1.88 bits per heavy atom. The second kappa shape index (κ2) is 11.0. The zero-order valence-electron chi connectivity index (χ0n) is 17.6. The van der Waals surface area contributed by atoms with Crippen molar-refractivity contribution in [2.24, 2.45) is 11.8 Å². The predicted octanol–water partition coefficient (Wildman–Crippen LogP) is 2.26. The fraction of sp³-hybridized carbons (Fsp3) is 0.900. The molecular weight excluding hydrogens is 332 g/mol. The van der Waals surface area contributed by atoms with Crippen LogP contribution in [0.1, 0.15) is 53.4 Å². The molecule has 1 N–H and O–H groups in total. The van der Waals surface area contributed by atoms with E-state index in [9.17, 15) is 9.59 Å². The van der Waals surface area contributed by atoms with E-state index in [-0.39, 0.29) is 41.9 Å². The minimum absolute atomic E-state index is 0.0412. The number of rotatable bonds is 11. The smallest absolute Gasteiger partial charge is 0.225 e. The van der Waals surface area contributed by atoms with E-state index in [0.717, 1.165) is 25.8 Å². The number of nitrogens with zero attached hydrogens (tertiary/aromatic N) is 1. The Labute approximate surface area is 159 Å². The molecule has 0 saturated carbocycles. The Morgan fingerprint density at radius 3 is 2.35 bits per heavy atom. The average Bonchev–Trinajstić information content (AvgIpc) is 3.10. The standard InChI is InChI=1S/C20H38N2O4/c1-8-13(2)19(21-5)17(25-6)12-18(24)22-11-9-10-16(22)20(26-7)14(3)15(4)23/h13-14,16-17,19-21H,8-12H2,1-7H3/t13-,14-,16-,17+,19-,20+/m0/s1. The van der Waals surface area contributed by atoms with Crippen LogP contribution in [0.25, 0.3) is 0 Å². The van der Waals surface area contributed by atoms with Gasteiger partial charge >= 0.3 is 0 Å². The van der Waals surface area contributed by atoms with Crippen LogP contribution in [-0.2, 0) is 19.1 Å². The SMILES string of the molecule is CC[C@H](C)[C@H](NC)[C@@H](CC(=O)N1CCC[C@H]1[C@H](OC)[C@@H](C)C(C)=O)OC. The summed E-state index contributed by atoms with van der Waals surface area (Å²) in [6.07, 6.45) is 2.76. The van der Waals surface area contributed by atoms with Crippen LogP contribution in [0.4, 0.5) is 0 Å². The molecule has 1 amide bonds. The molecule has 152 valence electrons. The summed E-state index contributed by atoms with van der Waals surface area (Å²) >= 11 is 0. The molecule has 1 aliphatic heterocycles. The highest BCUT2D eigenvalue weighted by molar-refractivity contribution is 5.80. The van der Waals surface area contributed by atoms with E-state index in [1.165, 1.54) is 0 Å². The molecule has 1 fully saturated rings. The van der Waals surface area contributed by atoms with Gasteiger partial charge in [-0.25, -0.2) is 0 Å². The minimum atomic E-state index is -0.255. The van der Waals surface area contributed by atoms with E-state index in [0.29, 0.717) is 12.3 Å². The normalized spacial score (nSPS) is 23.3. The van der Waals surface area contributed by atoms with Gasteiger partial charge in [-0.2, -0.15) is 0 Å². The summed E-state index contributed by atoms with van der Waals surface area (Å²) < 4.78 is 11.3. The van der Waals surface area contributed by atoms with Gasteiger partial charge in [-0.3, -0.25) is 9.59 Å². The van der Waals surface area contributed by atoms with Crippen molar-refractivity contribution in [2.75, 3.05) is 27.8 Å². The molecule has 0 radical (unpaired) electrons. The van der Waals surface area contributed by atoms with Crippen molar-refractivity contribution in [1.29, 1.82) is 0 Å². The predicted molar refractivity (Wildman–Crippen MR) is 103 cm³/mol. The van der Waals surface area contributed by atoms with Gasteiger partial charge in [-0.15, -0.1) is 0 Å². The number of amides is 1. The maximum absolute atomic E-state index is 13.0. The van der Waals surface area contributed by atoms with Gasteiger partial charge in [0.1, 0.15) is 5.78 Å². The van der Waals surface area contributed by atoms with E-state index >= 15 is 0 Å². The first-order chi connectivity index (χ1) is 12.3. The molecule has 1 aliphatic rings. The molecule has 0 aromatic rings. The number of nitrogens with one attached hydrogen (secondary N) is 1. The van der Waals surface area contributed by atoms with Gasteiger partial charge < -0.3 is 19.7 Å². The van der Waals surface area contributed by atoms with Crippen molar-refractivity contribution >= 4 is 11.7 Å². The number of ether oxygens (including phenoxy) is 2. The third-order valence-corrected chi connectivity index (χ3v) is 6.07. The summed E-state index contributed by atoms with van der Waals surface area (Å²) in [6, 6.07) is 0.0879. The quantitative estimate of drug-likeness (QED) is 0.604. The van der Waals surface area contributed by atoms with Crippen LogP contribution in [0.15, 0.2) is 0 Å². The van der Waals surface area contributed by atoms with E-state index in [1.54, 1.807) is 21.1 Å². The molecule has 1 heterocycles. The Hall–Kier alpha value is -0.980. The van der Waals surface area contributed by atoms with Gasteiger partial charge in [0.2, 0.25) is 5.91 Å². The number of carbonyl (C=O) groups excluding carboxylic acids is 2. The first-order valence-corrected chi connectivity index (χ1v) is 9.84. The average molecular weight is 371 g/mol. The number of ketones is 1. The zero-order valence-corrected chi connectivity index (χ0v) is 17.6. The van der Waals surface area contributed by atoms with E-state index in [2.05, 4.69) is 19.2 Å². The Kier molecular flexibility index (Phi) is 9.75. The number of Topliss-reactive ketones (excluding diaryl/α,β-unsaturated/α-hetero) is 1. The first kappa shape index (κ1) is 23.1. The van der Waals surface area contributed by atoms with Gasteiger partial charge in [0.05, 0.1) is 24.7 Å². The first-order valence-electron chi connectivity index (χ1n) is 9.84. The maximum Gasteiger partial charge on any atom is 0.225 e. The summed E-state index contributed by atoms with van der Waals surface area (Å²) in [5.74, 6) is 0.372. The highest BCUT2D eigenvalue weighted by Crippen LogP contribution is 2.28. The molecule has 26 heavy (non-hydrogen) atoms. The minimum Gasteiger partial charge on any atom is -0.379 e. The lowest BCUT2D eigenvalue weighted by Gasteiger charge is -2.35. The monoisotopic (exact) mass is 370 g/mol. The fourth-order valence-electron chi connectivity index (χ4n) is 4.11. The van der Waals surface area contributed by atoms with Gasteiger partial charge in [0, 0.05) is 32.7 Å². The van der Waals surface area contributed by atoms with E-state index in [4.69, 9.17) is 9.47 Å². The highest BCUT2D eigenvalue weighted by Gasteiger charge is 2.40. The van der Waals surface area contributed by atoms with Gasteiger partial charge in [0.15, 0.2) is 0 Å². The van der Waals surface area contributed by atoms with Crippen LogP contribution in [-0.4, -0.2) is 68.7 Å². The summed E-state index contributed by atoms with van der Waals surface area (Å²) in [4.78, 5) is 26.8. The Morgan fingerprint density at radius 1 is 1.23 bits per heavy atom. The van der Waals surface area contributed by atoms with E-state index in [1.807, 2.05) is 18.9 Å². The summed E-state index contributed by atoms with van der Waals surface area (Å²) in [6.45, 7) is 8.51. The topological polar surface area (TPSA) is 67.9 Å². The largest absolute Gasteiger partial charge is 0.379 e. The van der Waals surface area contributed by atoms with Crippen LogP contribution >= 0.6 is 0 Å². The Bertz CT molecular complexity index is 457. The van der Waals surface area contributed by atoms with Crippen molar-refractivity contribution < 1.29 is 19.1 Å². The molecule has 6 heteroatoms. The lowest BCUT2D eigenvalue weighted by molar-refractivity contribution is -0.141. The molecule has 1 saturated heterocycles. The summed E-state index contributed by atoms with van der Waals surface area (Å²) in [5, 5.41) is 3.31.